The van der Waals surface area contributed by atoms with Gasteiger partial charge < -0.3 is 15.5 Å². The Morgan fingerprint density at radius 1 is 1.26 bits per heavy atom. The number of aromatic nitrogens is 2. The fourth-order valence-electron chi connectivity index (χ4n) is 1.72. The lowest BCUT2D eigenvalue weighted by Crippen LogP contribution is -2.34. The van der Waals surface area contributed by atoms with Gasteiger partial charge in [0.1, 0.15) is 10.7 Å². The van der Waals surface area contributed by atoms with Gasteiger partial charge in [0.05, 0.1) is 0 Å². The predicted molar refractivity (Wildman–Crippen MR) is 83.7 cm³/mol. The molecule has 1 aromatic heterocycles. The zero-order chi connectivity index (χ0) is 14.4. The fraction of sp³-hybridized carbons (Fsp3) is 0.615. The highest BCUT2D eigenvalue weighted by Gasteiger charge is 2.12. The van der Waals surface area contributed by atoms with Gasteiger partial charge in [-0.05, 0) is 33.5 Å². The third-order valence-corrected chi connectivity index (χ3v) is 2.90. The molecule has 1 rings (SSSR count). The average Bonchev–Trinajstić information content (AvgIpc) is 2.33. The summed E-state index contributed by atoms with van der Waals surface area (Å²) in [6.45, 7) is 6.85. The van der Waals surface area contributed by atoms with Gasteiger partial charge in [-0.15, -0.1) is 0 Å². The SMILES string of the molecule is CCCN(CCN(C)C)c1nc(C)cc(C(N)=S)n1. The number of nitrogens with two attached hydrogens (primary N) is 1. The summed E-state index contributed by atoms with van der Waals surface area (Å²) < 4.78 is 0. The largest absolute Gasteiger partial charge is 0.388 e. The lowest BCUT2D eigenvalue weighted by atomic mass is 10.3. The Bertz CT molecular complexity index is 433. The van der Waals surface area contributed by atoms with Crippen molar-refractivity contribution in [3.05, 3.63) is 17.5 Å². The van der Waals surface area contributed by atoms with Crippen LogP contribution in [-0.4, -0.2) is 53.6 Å². The van der Waals surface area contributed by atoms with Crippen molar-refractivity contribution in [2.75, 3.05) is 38.6 Å². The number of nitrogens with zero attached hydrogens (tertiary/aromatic N) is 4. The van der Waals surface area contributed by atoms with Crippen LogP contribution < -0.4 is 10.6 Å². The standard InChI is InChI=1S/C13H23N5S/c1-5-6-18(8-7-17(3)4)13-15-10(2)9-11(16-13)12(14)19/h9H,5-8H2,1-4H3,(H2,14,19). The molecule has 19 heavy (non-hydrogen) atoms. The van der Waals surface area contributed by atoms with Crippen LogP contribution in [0.15, 0.2) is 6.07 Å². The molecular formula is C13H23N5S. The van der Waals surface area contributed by atoms with E-state index in [0.717, 1.165) is 31.7 Å². The van der Waals surface area contributed by atoms with E-state index in [4.69, 9.17) is 18.0 Å². The maximum Gasteiger partial charge on any atom is 0.226 e. The summed E-state index contributed by atoms with van der Waals surface area (Å²) in [4.78, 5) is 13.6. The third-order valence-electron chi connectivity index (χ3n) is 2.69. The first-order valence-corrected chi connectivity index (χ1v) is 6.90. The topological polar surface area (TPSA) is 58.3 Å². The molecule has 0 aliphatic carbocycles. The molecule has 0 bridgehead atoms. The lowest BCUT2D eigenvalue weighted by Gasteiger charge is -2.24. The summed E-state index contributed by atoms with van der Waals surface area (Å²) in [5, 5.41) is 0. The molecule has 0 spiro atoms. The zero-order valence-corrected chi connectivity index (χ0v) is 13.0. The Morgan fingerprint density at radius 2 is 1.95 bits per heavy atom. The quantitative estimate of drug-likeness (QED) is 0.758. The second kappa shape index (κ2) is 7.35. The zero-order valence-electron chi connectivity index (χ0n) is 12.2. The average molecular weight is 281 g/mol. The maximum atomic E-state index is 5.66. The Labute approximate surface area is 120 Å². The molecule has 106 valence electrons. The summed E-state index contributed by atoms with van der Waals surface area (Å²) >= 11 is 5.00. The van der Waals surface area contributed by atoms with E-state index in [1.54, 1.807) is 0 Å². The van der Waals surface area contributed by atoms with Crippen molar-refractivity contribution in [3.63, 3.8) is 0 Å². The number of likely N-dealkylation sites (N-methyl/N-ethyl adjacent to an activating group) is 1. The summed E-state index contributed by atoms with van der Waals surface area (Å²) in [6, 6.07) is 1.82. The van der Waals surface area contributed by atoms with Crippen molar-refractivity contribution in [1.82, 2.24) is 14.9 Å². The number of rotatable bonds is 7. The minimum Gasteiger partial charge on any atom is -0.388 e. The van der Waals surface area contributed by atoms with E-state index in [1.165, 1.54) is 0 Å². The second-order valence-corrected chi connectivity index (χ2v) is 5.29. The normalized spacial score (nSPS) is 10.8. The van der Waals surface area contributed by atoms with Crippen LogP contribution in [0.4, 0.5) is 5.95 Å². The van der Waals surface area contributed by atoms with Gasteiger partial charge in [-0.1, -0.05) is 19.1 Å². The van der Waals surface area contributed by atoms with Crippen LogP contribution in [-0.2, 0) is 0 Å². The monoisotopic (exact) mass is 281 g/mol. The highest BCUT2D eigenvalue weighted by atomic mass is 32.1. The van der Waals surface area contributed by atoms with Crippen LogP contribution in [0.25, 0.3) is 0 Å². The van der Waals surface area contributed by atoms with Gasteiger partial charge >= 0.3 is 0 Å². The van der Waals surface area contributed by atoms with E-state index in [2.05, 4.69) is 40.8 Å². The molecule has 0 aromatic carbocycles. The first-order valence-electron chi connectivity index (χ1n) is 6.49. The summed E-state index contributed by atoms with van der Waals surface area (Å²) in [5.41, 5.74) is 7.19. The van der Waals surface area contributed by atoms with Crippen LogP contribution in [0.2, 0.25) is 0 Å². The molecule has 0 fully saturated rings. The minimum atomic E-state index is 0.316. The first-order chi connectivity index (χ1) is 8.93. The number of anilines is 1. The molecule has 5 nitrogen and oxygen atoms in total. The van der Waals surface area contributed by atoms with Crippen LogP contribution >= 0.6 is 12.2 Å². The van der Waals surface area contributed by atoms with Gasteiger partial charge in [0.15, 0.2) is 0 Å². The molecule has 6 heteroatoms. The molecule has 0 radical (unpaired) electrons. The van der Waals surface area contributed by atoms with Gasteiger partial charge in [-0.2, -0.15) is 0 Å². The highest BCUT2D eigenvalue weighted by Crippen LogP contribution is 2.11. The van der Waals surface area contributed by atoms with Crippen molar-refractivity contribution in [2.24, 2.45) is 5.73 Å². The Kier molecular flexibility index (Phi) is 6.11. The molecule has 1 heterocycles. The van der Waals surface area contributed by atoms with E-state index >= 15 is 0 Å². The summed E-state index contributed by atoms with van der Waals surface area (Å²) in [5.74, 6) is 0.714. The number of thiocarbonyl (C=S) groups is 1. The molecule has 0 aliphatic heterocycles. The molecule has 0 atom stereocenters. The highest BCUT2D eigenvalue weighted by molar-refractivity contribution is 7.80. The van der Waals surface area contributed by atoms with E-state index in [0.29, 0.717) is 16.6 Å². The summed E-state index contributed by atoms with van der Waals surface area (Å²) in [7, 11) is 4.11. The maximum absolute atomic E-state index is 5.66. The molecule has 0 amide bonds. The van der Waals surface area contributed by atoms with Crippen LogP contribution in [0, 0.1) is 6.92 Å². The van der Waals surface area contributed by atoms with Gasteiger partial charge in [0, 0.05) is 25.3 Å². The molecule has 0 unspecified atom stereocenters. The number of hydrogen-bond donors (Lipinski definition) is 1. The Balaban J connectivity index is 2.97. The first kappa shape index (κ1) is 15.8. The molecule has 0 aliphatic rings. The molecule has 2 N–H and O–H groups in total. The van der Waals surface area contributed by atoms with Crippen molar-refractivity contribution in [1.29, 1.82) is 0 Å². The smallest absolute Gasteiger partial charge is 0.226 e. The van der Waals surface area contributed by atoms with Crippen LogP contribution in [0.3, 0.4) is 0 Å². The Hall–Kier alpha value is -1.27. The summed E-state index contributed by atoms with van der Waals surface area (Å²) in [6.07, 6.45) is 1.05. The Morgan fingerprint density at radius 3 is 2.47 bits per heavy atom. The van der Waals surface area contributed by atoms with Gasteiger partial charge in [-0.3, -0.25) is 0 Å². The van der Waals surface area contributed by atoms with Crippen molar-refractivity contribution in [3.8, 4) is 0 Å². The number of hydrogen-bond acceptors (Lipinski definition) is 5. The molecule has 0 saturated heterocycles. The number of aryl methyl sites for hydroxylation is 1. The second-order valence-electron chi connectivity index (χ2n) is 4.85. The van der Waals surface area contributed by atoms with E-state index < -0.39 is 0 Å². The van der Waals surface area contributed by atoms with Crippen molar-refractivity contribution >= 4 is 23.2 Å². The van der Waals surface area contributed by atoms with Gasteiger partial charge in [0.25, 0.3) is 0 Å². The molecular weight excluding hydrogens is 258 g/mol. The van der Waals surface area contributed by atoms with E-state index in [-0.39, 0.29) is 0 Å². The van der Waals surface area contributed by atoms with E-state index in [9.17, 15) is 0 Å². The predicted octanol–water partition coefficient (Wildman–Crippen LogP) is 1.20. The van der Waals surface area contributed by atoms with Gasteiger partial charge in [-0.25, -0.2) is 9.97 Å². The molecule has 1 aromatic rings. The van der Waals surface area contributed by atoms with Crippen LogP contribution in [0.5, 0.6) is 0 Å². The van der Waals surface area contributed by atoms with Gasteiger partial charge in [0.2, 0.25) is 5.95 Å². The van der Waals surface area contributed by atoms with Crippen LogP contribution in [0.1, 0.15) is 24.7 Å². The van der Waals surface area contributed by atoms with E-state index in [1.807, 2.05) is 13.0 Å². The fourth-order valence-corrected chi connectivity index (χ4v) is 1.83. The van der Waals surface area contributed by atoms with Crippen molar-refractivity contribution < 1.29 is 0 Å². The minimum absolute atomic E-state index is 0.316. The third kappa shape index (κ3) is 5.08. The molecule has 0 saturated carbocycles. The lowest BCUT2D eigenvalue weighted by molar-refractivity contribution is 0.411. The van der Waals surface area contributed by atoms with Crippen molar-refractivity contribution in [2.45, 2.75) is 20.3 Å².